The summed E-state index contributed by atoms with van der Waals surface area (Å²) in [5, 5.41) is 0. The number of hydrogen-bond acceptors (Lipinski definition) is 3. The Labute approximate surface area is 328 Å². The molecule has 0 unspecified atom stereocenters. The van der Waals surface area contributed by atoms with Gasteiger partial charge in [-0.3, -0.25) is 0 Å². The van der Waals surface area contributed by atoms with Gasteiger partial charge in [-0.1, -0.05) is 171 Å². The number of hydrogen-bond donors (Lipinski definition) is 0. The molecule has 8 aromatic rings. The maximum atomic E-state index is 7.65. The molecule has 0 aliphatic heterocycles. The summed E-state index contributed by atoms with van der Waals surface area (Å²) in [6.07, 6.45) is 6.09. The Morgan fingerprint density at radius 1 is 0.375 bits per heavy atom. The lowest BCUT2D eigenvalue weighted by Gasteiger charge is -2.36. The molecule has 0 bridgehead atoms. The molecule has 4 heteroatoms. The normalized spacial score (nSPS) is 13.8. The first kappa shape index (κ1) is 33.6. The van der Waals surface area contributed by atoms with Gasteiger partial charge in [0.05, 0.1) is 6.57 Å². The van der Waals surface area contributed by atoms with Crippen molar-refractivity contribution >= 4 is 5.69 Å². The minimum absolute atomic E-state index is 0.0355. The summed E-state index contributed by atoms with van der Waals surface area (Å²) in [5.74, 6) is 1.93. The standard InChI is InChI=1S/C52H38N4/c1-53-44-27-29-47-46(34-44)45-28-26-43(33-48(45)52(47)30-9-4-10-31-52)42-17-11-16-41(32-42)37-20-24-40(25-21-37)51-55-49(38-14-7-3-8-15-38)54-50(56-51)39-22-18-36(19-23-39)35-12-5-2-6-13-35/h2-3,5-8,11-29,32-34H,4,9-10,30-31H2. The quantitative estimate of drug-likeness (QED) is 0.161. The molecule has 0 atom stereocenters. The van der Waals surface area contributed by atoms with Crippen LogP contribution < -0.4 is 0 Å². The molecule has 2 aliphatic rings. The van der Waals surface area contributed by atoms with Crippen molar-refractivity contribution in [2.75, 3.05) is 0 Å². The lowest BCUT2D eigenvalue weighted by molar-refractivity contribution is 0.353. The van der Waals surface area contributed by atoms with E-state index in [4.69, 9.17) is 21.5 Å². The molecule has 266 valence electrons. The van der Waals surface area contributed by atoms with Crippen LogP contribution in [-0.2, 0) is 5.41 Å². The Morgan fingerprint density at radius 2 is 0.839 bits per heavy atom. The van der Waals surface area contributed by atoms with E-state index in [1.807, 2.05) is 42.5 Å². The molecule has 1 aromatic heterocycles. The third-order valence-corrected chi connectivity index (χ3v) is 11.8. The van der Waals surface area contributed by atoms with Gasteiger partial charge < -0.3 is 0 Å². The summed E-state index contributed by atoms with van der Waals surface area (Å²) >= 11 is 0. The van der Waals surface area contributed by atoms with Crippen LogP contribution in [0.5, 0.6) is 0 Å². The molecule has 1 fully saturated rings. The zero-order chi connectivity index (χ0) is 37.5. The smallest absolute Gasteiger partial charge is 0.187 e. The van der Waals surface area contributed by atoms with Gasteiger partial charge in [-0.2, -0.15) is 0 Å². The van der Waals surface area contributed by atoms with Gasteiger partial charge in [0.1, 0.15) is 0 Å². The third-order valence-electron chi connectivity index (χ3n) is 11.8. The predicted octanol–water partition coefficient (Wildman–Crippen LogP) is 13.7. The van der Waals surface area contributed by atoms with Gasteiger partial charge in [0.15, 0.2) is 23.2 Å². The fraction of sp³-hybridized carbons (Fsp3) is 0.115. The third kappa shape index (κ3) is 5.99. The van der Waals surface area contributed by atoms with Crippen LogP contribution in [0.15, 0.2) is 170 Å². The average Bonchev–Trinajstić information content (AvgIpc) is 3.54. The zero-order valence-electron chi connectivity index (χ0n) is 31.0. The number of benzene rings is 7. The van der Waals surface area contributed by atoms with Crippen molar-refractivity contribution in [2.24, 2.45) is 0 Å². The molecule has 0 saturated heterocycles. The Bertz CT molecular complexity index is 2760. The summed E-state index contributed by atoms with van der Waals surface area (Å²) in [6, 6.07) is 59.7. The monoisotopic (exact) mass is 718 g/mol. The van der Waals surface area contributed by atoms with Crippen molar-refractivity contribution in [3.8, 4) is 78.7 Å². The maximum Gasteiger partial charge on any atom is 0.187 e. The van der Waals surface area contributed by atoms with Crippen molar-refractivity contribution in [2.45, 2.75) is 37.5 Å². The number of fused-ring (bicyclic) bond motifs is 5. The predicted molar refractivity (Wildman–Crippen MR) is 228 cm³/mol. The molecule has 0 radical (unpaired) electrons. The topological polar surface area (TPSA) is 43.0 Å². The van der Waals surface area contributed by atoms with Crippen LogP contribution in [0.4, 0.5) is 5.69 Å². The molecule has 7 aromatic carbocycles. The first-order chi connectivity index (χ1) is 27.6. The van der Waals surface area contributed by atoms with Crippen LogP contribution in [0, 0.1) is 6.57 Å². The molecule has 0 N–H and O–H groups in total. The average molecular weight is 719 g/mol. The van der Waals surface area contributed by atoms with Crippen LogP contribution in [0.2, 0.25) is 0 Å². The van der Waals surface area contributed by atoms with Crippen LogP contribution in [0.3, 0.4) is 0 Å². The van der Waals surface area contributed by atoms with Crippen LogP contribution in [0.25, 0.3) is 83.5 Å². The Kier molecular flexibility index (Phi) is 8.42. The highest BCUT2D eigenvalue weighted by molar-refractivity contribution is 5.86. The highest BCUT2D eigenvalue weighted by Gasteiger charge is 2.43. The fourth-order valence-electron chi connectivity index (χ4n) is 8.92. The van der Waals surface area contributed by atoms with Crippen molar-refractivity contribution in [3.63, 3.8) is 0 Å². The summed E-state index contributed by atoms with van der Waals surface area (Å²) in [5.41, 5.74) is 16.0. The molecule has 56 heavy (non-hydrogen) atoms. The zero-order valence-corrected chi connectivity index (χ0v) is 31.0. The van der Waals surface area contributed by atoms with Crippen molar-refractivity contribution in [1.29, 1.82) is 0 Å². The molecule has 10 rings (SSSR count). The summed E-state index contributed by atoms with van der Waals surface area (Å²) in [7, 11) is 0. The lowest BCUT2D eigenvalue weighted by atomic mass is 9.67. The molecule has 1 spiro atoms. The van der Waals surface area contributed by atoms with E-state index in [0.29, 0.717) is 23.2 Å². The highest BCUT2D eigenvalue weighted by Crippen LogP contribution is 2.57. The second-order valence-corrected chi connectivity index (χ2v) is 15.0. The van der Waals surface area contributed by atoms with Gasteiger partial charge in [-0.15, -0.1) is 0 Å². The Morgan fingerprint density at radius 3 is 1.45 bits per heavy atom. The van der Waals surface area contributed by atoms with Crippen molar-refractivity contribution in [3.05, 3.63) is 192 Å². The molecule has 0 amide bonds. The Hall–Kier alpha value is -6.96. The van der Waals surface area contributed by atoms with E-state index >= 15 is 0 Å². The first-order valence-electron chi connectivity index (χ1n) is 19.5. The maximum absolute atomic E-state index is 7.65. The van der Waals surface area contributed by atoms with E-state index in [-0.39, 0.29) is 5.41 Å². The van der Waals surface area contributed by atoms with E-state index in [9.17, 15) is 0 Å². The molecule has 1 heterocycles. The van der Waals surface area contributed by atoms with E-state index in [0.717, 1.165) is 46.2 Å². The Balaban J connectivity index is 0.977. The second-order valence-electron chi connectivity index (χ2n) is 15.0. The summed E-state index contributed by atoms with van der Waals surface area (Å²) in [4.78, 5) is 18.7. The molecular formula is C52H38N4. The second kappa shape index (κ2) is 14.0. The number of nitrogens with zero attached hydrogens (tertiary/aromatic N) is 4. The summed E-state index contributed by atoms with van der Waals surface area (Å²) in [6.45, 7) is 7.65. The van der Waals surface area contributed by atoms with Gasteiger partial charge in [0.25, 0.3) is 0 Å². The lowest BCUT2D eigenvalue weighted by Crippen LogP contribution is -2.28. The van der Waals surface area contributed by atoms with E-state index < -0.39 is 0 Å². The van der Waals surface area contributed by atoms with Crippen molar-refractivity contribution < 1.29 is 0 Å². The van der Waals surface area contributed by atoms with Crippen LogP contribution >= 0.6 is 0 Å². The SMILES string of the molecule is [C-]#[N+]c1ccc2c(c1)-c1ccc(-c3cccc(-c4ccc(-c5nc(-c6ccccc6)nc(-c6ccc(-c7ccccc7)cc6)n5)cc4)c3)cc1C21CCCCC1. The van der Waals surface area contributed by atoms with E-state index in [1.54, 1.807) is 0 Å². The van der Waals surface area contributed by atoms with Crippen LogP contribution in [-0.4, -0.2) is 15.0 Å². The minimum atomic E-state index is 0.0355. The molecule has 1 saturated carbocycles. The van der Waals surface area contributed by atoms with Gasteiger partial charge in [-0.25, -0.2) is 19.8 Å². The fourth-order valence-corrected chi connectivity index (χ4v) is 8.92. The van der Waals surface area contributed by atoms with E-state index in [2.05, 4.69) is 132 Å². The minimum Gasteiger partial charge on any atom is -0.238 e. The van der Waals surface area contributed by atoms with Crippen LogP contribution in [0.1, 0.15) is 43.2 Å². The largest absolute Gasteiger partial charge is 0.238 e. The van der Waals surface area contributed by atoms with Gasteiger partial charge in [0.2, 0.25) is 0 Å². The van der Waals surface area contributed by atoms with Gasteiger partial charge in [0, 0.05) is 22.1 Å². The first-order valence-corrected chi connectivity index (χ1v) is 19.5. The number of aromatic nitrogens is 3. The highest BCUT2D eigenvalue weighted by atomic mass is 15.0. The van der Waals surface area contributed by atoms with Crippen molar-refractivity contribution in [1.82, 2.24) is 15.0 Å². The summed E-state index contributed by atoms with van der Waals surface area (Å²) < 4.78 is 0. The van der Waals surface area contributed by atoms with Gasteiger partial charge >= 0.3 is 0 Å². The van der Waals surface area contributed by atoms with Gasteiger partial charge in [-0.05, 0) is 86.7 Å². The van der Waals surface area contributed by atoms with E-state index in [1.165, 1.54) is 58.2 Å². The molecular weight excluding hydrogens is 681 g/mol. The molecule has 4 nitrogen and oxygen atoms in total. The number of rotatable bonds is 6. The molecule has 2 aliphatic carbocycles.